The van der Waals surface area contributed by atoms with Gasteiger partial charge in [0.25, 0.3) is 0 Å². The van der Waals surface area contributed by atoms with Gasteiger partial charge < -0.3 is 14.6 Å². The maximum Gasteiger partial charge on any atom is 0.323 e. The van der Waals surface area contributed by atoms with Gasteiger partial charge in [-0.1, -0.05) is 0 Å². The number of methoxy groups -OCH3 is 2. The molecule has 84 valence electrons. The van der Waals surface area contributed by atoms with E-state index in [0.717, 1.165) is 0 Å². The van der Waals surface area contributed by atoms with Crippen LogP contribution in [0.25, 0.3) is 0 Å². The van der Waals surface area contributed by atoms with Gasteiger partial charge in [-0.05, 0) is 13.3 Å². The van der Waals surface area contributed by atoms with Crippen molar-refractivity contribution in [1.29, 1.82) is 0 Å². The molecular formula is C9H19NO4. The first kappa shape index (κ1) is 13.4. The van der Waals surface area contributed by atoms with Gasteiger partial charge in [-0.2, -0.15) is 0 Å². The number of nitrogens with one attached hydrogen (secondary N) is 1. The van der Waals surface area contributed by atoms with Crippen LogP contribution in [0.5, 0.6) is 0 Å². The SMILES string of the molecule is COCCNC(C)(CCOC)C(=O)O. The van der Waals surface area contributed by atoms with Crippen LogP contribution < -0.4 is 5.32 Å². The van der Waals surface area contributed by atoms with Gasteiger partial charge in [0.2, 0.25) is 0 Å². The lowest BCUT2D eigenvalue weighted by Gasteiger charge is -2.25. The zero-order valence-corrected chi connectivity index (χ0v) is 9.00. The quantitative estimate of drug-likeness (QED) is 0.550. The molecular weight excluding hydrogens is 186 g/mol. The van der Waals surface area contributed by atoms with E-state index in [1.165, 1.54) is 0 Å². The summed E-state index contributed by atoms with van der Waals surface area (Å²) in [4.78, 5) is 11.0. The molecule has 0 bridgehead atoms. The predicted octanol–water partition coefficient (Wildman–Crippen LogP) is 0.102. The Labute approximate surface area is 84.4 Å². The number of ether oxygens (including phenoxy) is 2. The average Bonchev–Trinajstić information content (AvgIpc) is 2.15. The second-order valence-corrected chi connectivity index (χ2v) is 3.30. The molecule has 0 radical (unpaired) electrons. The third kappa shape index (κ3) is 4.55. The molecule has 0 aromatic rings. The zero-order valence-electron chi connectivity index (χ0n) is 9.00. The van der Waals surface area contributed by atoms with E-state index in [9.17, 15) is 4.79 Å². The molecule has 5 nitrogen and oxygen atoms in total. The van der Waals surface area contributed by atoms with Crippen LogP contribution in [0.2, 0.25) is 0 Å². The fourth-order valence-corrected chi connectivity index (χ4v) is 1.01. The summed E-state index contributed by atoms with van der Waals surface area (Å²) >= 11 is 0. The Hall–Kier alpha value is -0.650. The fraction of sp³-hybridized carbons (Fsp3) is 0.889. The number of rotatable bonds is 8. The van der Waals surface area contributed by atoms with Crippen LogP contribution in [-0.4, -0.2) is 50.6 Å². The van der Waals surface area contributed by atoms with Crippen molar-refractivity contribution in [2.45, 2.75) is 18.9 Å². The number of hydrogen-bond donors (Lipinski definition) is 2. The van der Waals surface area contributed by atoms with Crippen LogP contribution >= 0.6 is 0 Å². The summed E-state index contributed by atoms with van der Waals surface area (Å²) in [6.07, 6.45) is 0.433. The summed E-state index contributed by atoms with van der Waals surface area (Å²) in [5, 5.41) is 11.9. The first-order valence-corrected chi connectivity index (χ1v) is 4.53. The van der Waals surface area contributed by atoms with Crippen molar-refractivity contribution in [1.82, 2.24) is 5.32 Å². The molecule has 5 heteroatoms. The Morgan fingerprint density at radius 2 is 1.93 bits per heavy atom. The molecule has 0 saturated heterocycles. The number of carbonyl (C=O) groups is 1. The van der Waals surface area contributed by atoms with E-state index >= 15 is 0 Å². The smallest absolute Gasteiger partial charge is 0.323 e. The van der Waals surface area contributed by atoms with Crippen LogP contribution in [0.1, 0.15) is 13.3 Å². The van der Waals surface area contributed by atoms with Crippen molar-refractivity contribution in [3.05, 3.63) is 0 Å². The molecule has 0 aromatic heterocycles. The maximum absolute atomic E-state index is 11.0. The second kappa shape index (κ2) is 6.75. The molecule has 0 saturated carbocycles. The molecule has 0 spiro atoms. The van der Waals surface area contributed by atoms with E-state index in [0.29, 0.717) is 26.2 Å². The molecule has 1 atom stereocenters. The largest absolute Gasteiger partial charge is 0.480 e. The topological polar surface area (TPSA) is 67.8 Å². The van der Waals surface area contributed by atoms with Crippen LogP contribution in [0.4, 0.5) is 0 Å². The van der Waals surface area contributed by atoms with Gasteiger partial charge >= 0.3 is 5.97 Å². The molecule has 0 aliphatic rings. The second-order valence-electron chi connectivity index (χ2n) is 3.30. The third-order valence-electron chi connectivity index (χ3n) is 2.10. The van der Waals surface area contributed by atoms with Crippen LogP contribution in [0.15, 0.2) is 0 Å². The first-order chi connectivity index (χ1) is 6.56. The Morgan fingerprint density at radius 1 is 1.36 bits per heavy atom. The van der Waals surface area contributed by atoms with Crippen molar-refractivity contribution in [2.24, 2.45) is 0 Å². The van der Waals surface area contributed by atoms with Crippen LogP contribution in [0, 0.1) is 0 Å². The number of carboxylic acids is 1. The highest BCUT2D eigenvalue weighted by molar-refractivity contribution is 5.78. The number of hydrogen-bond acceptors (Lipinski definition) is 4. The normalized spacial score (nSPS) is 15.1. The number of aliphatic carboxylic acids is 1. The van der Waals surface area contributed by atoms with E-state index in [2.05, 4.69) is 5.32 Å². The predicted molar refractivity (Wildman–Crippen MR) is 52.4 cm³/mol. The molecule has 2 N–H and O–H groups in total. The summed E-state index contributed by atoms with van der Waals surface area (Å²) in [7, 11) is 3.13. The Morgan fingerprint density at radius 3 is 2.36 bits per heavy atom. The van der Waals surface area contributed by atoms with Crippen molar-refractivity contribution >= 4 is 5.97 Å². The van der Waals surface area contributed by atoms with Crippen LogP contribution in [0.3, 0.4) is 0 Å². The van der Waals surface area contributed by atoms with E-state index in [4.69, 9.17) is 14.6 Å². The summed E-state index contributed by atoms with van der Waals surface area (Å²) in [5.74, 6) is -0.870. The van der Waals surface area contributed by atoms with Gasteiger partial charge in [0.1, 0.15) is 5.54 Å². The summed E-state index contributed by atoms with van der Waals surface area (Å²) in [6.45, 7) is 3.08. The van der Waals surface area contributed by atoms with Crippen molar-refractivity contribution in [3.63, 3.8) is 0 Å². The Kier molecular flexibility index (Phi) is 6.44. The van der Waals surface area contributed by atoms with E-state index in [1.54, 1.807) is 21.1 Å². The molecule has 0 aromatic carbocycles. The summed E-state index contributed by atoms with van der Waals surface area (Å²) in [5.41, 5.74) is -0.936. The number of carboxylic acid groups (broad SMARTS) is 1. The highest BCUT2D eigenvalue weighted by Gasteiger charge is 2.31. The van der Waals surface area contributed by atoms with Gasteiger partial charge in [0.15, 0.2) is 0 Å². The molecule has 0 aliphatic carbocycles. The van der Waals surface area contributed by atoms with Gasteiger partial charge in [-0.3, -0.25) is 10.1 Å². The minimum absolute atomic E-state index is 0.419. The summed E-state index contributed by atoms with van der Waals surface area (Å²) in [6, 6.07) is 0. The molecule has 0 aliphatic heterocycles. The van der Waals surface area contributed by atoms with Gasteiger partial charge in [-0.15, -0.1) is 0 Å². The molecule has 0 amide bonds. The fourth-order valence-electron chi connectivity index (χ4n) is 1.01. The highest BCUT2D eigenvalue weighted by atomic mass is 16.5. The molecule has 0 rings (SSSR count). The highest BCUT2D eigenvalue weighted by Crippen LogP contribution is 2.09. The minimum atomic E-state index is -0.936. The van der Waals surface area contributed by atoms with E-state index in [1.807, 2.05) is 0 Å². The van der Waals surface area contributed by atoms with E-state index in [-0.39, 0.29) is 0 Å². The monoisotopic (exact) mass is 205 g/mol. The Bertz CT molecular complexity index is 174. The average molecular weight is 205 g/mol. The van der Waals surface area contributed by atoms with Crippen molar-refractivity contribution in [3.8, 4) is 0 Å². The standard InChI is InChI=1S/C9H19NO4/c1-9(8(11)12,4-6-13-2)10-5-7-14-3/h10H,4-7H2,1-3H3,(H,11,12). The maximum atomic E-state index is 11.0. The molecule has 0 heterocycles. The first-order valence-electron chi connectivity index (χ1n) is 4.53. The lowest BCUT2D eigenvalue weighted by Crippen LogP contribution is -2.51. The van der Waals surface area contributed by atoms with Gasteiger partial charge in [0, 0.05) is 27.4 Å². The molecule has 1 unspecified atom stereocenters. The van der Waals surface area contributed by atoms with E-state index < -0.39 is 11.5 Å². The lowest BCUT2D eigenvalue weighted by molar-refractivity contribution is -0.145. The van der Waals surface area contributed by atoms with Crippen molar-refractivity contribution < 1.29 is 19.4 Å². The minimum Gasteiger partial charge on any atom is -0.480 e. The van der Waals surface area contributed by atoms with Gasteiger partial charge in [-0.25, -0.2) is 0 Å². The molecule has 0 fully saturated rings. The van der Waals surface area contributed by atoms with Gasteiger partial charge in [0.05, 0.1) is 6.61 Å². The van der Waals surface area contributed by atoms with Crippen LogP contribution in [-0.2, 0) is 14.3 Å². The summed E-state index contributed by atoms with van der Waals surface area (Å²) < 4.78 is 9.69. The van der Waals surface area contributed by atoms with Crippen molar-refractivity contribution in [2.75, 3.05) is 34.0 Å². The molecule has 14 heavy (non-hydrogen) atoms. The zero-order chi connectivity index (χ0) is 11.0. The third-order valence-corrected chi connectivity index (χ3v) is 2.10. The Balaban J connectivity index is 4.03. The lowest BCUT2D eigenvalue weighted by atomic mass is 9.98.